The van der Waals surface area contributed by atoms with E-state index in [1.807, 2.05) is 16.9 Å². The van der Waals surface area contributed by atoms with Gasteiger partial charge < -0.3 is 20.5 Å². The second-order valence-corrected chi connectivity index (χ2v) is 6.21. The predicted molar refractivity (Wildman–Crippen MR) is 110 cm³/mol. The van der Waals surface area contributed by atoms with Crippen molar-refractivity contribution < 1.29 is 9.84 Å². The Morgan fingerprint density at radius 1 is 1.18 bits per heavy atom. The minimum atomic E-state index is 0.223. The van der Waals surface area contributed by atoms with Crippen LogP contribution in [0.15, 0.2) is 65.9 Å². The number of nitrogens with one attached hydrogen (secondary N) is 2. The summed E-state index contributed by atoms with van der Waals surface area (Å²) in [5.74, 6) is 1.60. The predicted octanol–water partition coefficient (Wildman–Crippen LogP) is 2.49. The van der Waals surface area contributed by atoms with Crippen molar-refractivity contribution in [1.82, 2.24) is 20.4 Å². The Balaban J connectivity index is 1.48. The molecule has 2 aromatic carbocycles. The summed E-state index contributed by atoms with van der Waals surface area (Å²) in [6.45, 7) is 1.19. The van der Waals surface area contributed by atoms with E-state index in [0.29, 0.717) is 18.3 Å². The smallest absolute Gasteiger partial charge is 0.191 e. The number of ether oxygens (including phenoxy) is 1. The zero-order valence-corrected chi connectivity index (χ0v) is 16.1. The van der Waals surface area contributed by atoms with Crippen molar-refractivity contribution in [2.45, 2.75) is 13.0 Å². The molecule has 7 heteroatoms. The van der Waals surface area contributed by atoms with Gasteiger partial charge in [0.15, 0.2) is 5.96 Å². The van der Waals surface area contributed by atoms with Crippen LogP contribution in [0, 0.1) is 0 Å². The molecule has 0 aliphatic carbocycles. The number of hydrogen-bond acceptors (Lipinski definition) is 4. The summed E-state index contributed by atoms with van der Waals surface area (Å²) >= 11 is 0. The topological polar surface area (TPSA) is 83.7 Å². The molecule has 3 rings (SSSR count). The van der Waals surface area contributed by atoms with Crippen LogP contribution in [0.3, 0.4) is 0 Å². The summed E-state index contributed by atoms with van der Waals surface area (Å²) in [5.41, 5.74) is 3.01. The molecule has 1 aromatic heterocycles. The third kappa shape index (κ3) is 5.03. The molecule has 0 spiro atoms. The van der Waals surface area contributed by atoms with Crippen LogP contribution in [-0.4, -0.2) is 41.5 Å². The van der Waals surface area contributed by atoms with Gasteiger partial charge in [0.25, 0.3) is 0 Å². The lowest BCUT2D eigenvalue weighted by Crippen LogP contribution is -2.37. The molecule has 0 unspecified atom stereocenters. The van der Waals surface area contributed by atoms with Gasteiger partial charge in [-0.05, 0) is 48.4 Å². The van der Waals surface area contributed by atoms with Crippen LogP contribution in [0.25, 0.3) is 5.69 Å². The highest BCUT2D eigenvalue weighted by Gasteiger charge is 2.05. The standard InChI is InChI=1S/C21H25N5O2/c1-22-21(24-15-17-14-19(28-2)8-9-20(17)27)23-12-10-16-4-6-18(7-5-16)26-13-3-11-25-26/h3-9,11,13-14,27H,10,12,15H2,1-2H3,(H2,22,23,24). The maximum absolute atomic E-state index is 9.97. The van der Waals surface area contributed by atoms with Gasteiger partial charge in [0, 0.05) is 38.1 Å². The number of rotatable bonds is 7. The monoisotopic (exact) mass is 379 g/mol. The van der Waals surface area contributed by atoms with Gasteiger partial charge >= 0.3 is 0 Å². The number of benzene rings is 2. The number of phenolic OH excluding ortho intramolecular Hbond substituents is 1. The molecule has 1 heterocycles. The van der Waals surface area contributed by atoms with E-state index >= 15 is 0 Å². The summed E-state index contributed by atoms with van der Waals surface area (Å²) < 4.78 is 7.03. The van der Waals surface area contributed by atoms with Gasteiger partial charge in [0.1, 0.15) is 11.5 Å². The van der Waals surface area contributed by atoms with Crippen molar-refractivity contribution in [2.24, 2.45) is 4.99 Å². The van der Waals surface area contributed by atoms with Crippen molar-refractivity contribution in [3.8, 4) is 17.2 Å². The van der Waals surface area contributed by atoms with Gasteiger partial charge in [0.05, 0.1) is 12.8 Å². The van der Waals surface area contributed by atoms with E-state index in [4.69, 9.17) is 4.74 Å². The lowest BCUT2D eigenvalue weighted by atomic mass is 10.1. The van der Waals surface area contributed by atoms with E-state index in [1.54, 1.807) is 38.6 Å². The van der Waals surface area contributed by atoms with Gasteiger partial charge in [-0.3, -0.25) is 4.99 Å². The minimum Gasteiger partial charge on any atom is -0.508 e. The molecule has 146 valence electrons. The van der Waals surface area contributed by atoms with Crippen LogP contribution in [0.4, 0.5) is 0 Å². The molecular formula is C21H25N5O2. The van der Waals surface area contributed by atoms with Gasteiger partial charge in [0.2, 0.25) is 0 Å². The summed E-state index contributed by atoms with van der Waals surface area (Å²) in [5, 5.41) is 20.7. The van der Waals surface area contributed by atoms with Crippen LogP contribution in [0.1, 0.15) is 11.1 Å². The van der Waals surface area contributed by atoms with Crippen molar-refractivity contribution in [2.75, 3.05) is 20.7 Å². The summed E-state index contributed by atoms with van der Waals surface area (Å²) in [7, 11) is 3.32. The Kier molecular flexibility index (Phi) is 6.51. The second kappa shape index (κ2) is 9.45. The molecule has 0 saturated carbocycles. The van der Waals surface area contributed by atoms with Crippen molar-refractivity contribution in [1.29, 1.82) is 0 Å². The first kappa shape index (κ1) is 19.3. The SMILES string of the molecule is CN=C(NCCc1ccc(-n2cccn2)cc1)NCc1cc(OC)ccc1O. The average molecular weight is 379 g/mol. The fraction of sp³-hybridized carbons (Fsp3) is 0.238. The van der Waals surface area contributed by atoms with E-state index in [9.17, 15) is 5.11 Å². The van der Waals surface area contributed by atoms with Crippen molar-refractivity contribution in [3.05, 3.63) is 72.1 Å². The highest BCUT2D eigenvalue weighted by molar-refractivity contribution is 5.79. The molecule has 0 amide bonds. The minimum absolute atomic E-state index is 0.223. The first-order chi connectivity index (χ1) is 13.7. The second-order valence-electron chi connectivity index (χ2n) is 6.21. The maximum Gasteiger partial charge on any atom is 0.191 e. The van der Waals surface area contributed by atoms with E-state index < -0.39 is 0 Å². The largest absolute Gasteiger partial charge is 0.508 e. The third-order valence-corrected chi connectivity index (χ3v) is 4.37. The third-order valence-electron chi connectivity index (χ3n) is 4.37. The fourth-order valence-corrected chi connectivity index (χ4v) is 2.79. The summed E-state index contributed by atoms with van der Waals surface area (Å²) in [4.78, 5) is 4.22. The molecule has 3 aromatic rings. The van der Waals surface area contributed by atoms with Crippen molar-refractivity contribution >= 4 is 5.96 Å². The number of aromatic hydroxyl groups is 1. The first-order valence-electron chi connectivity index (χ1n) is 9.09. The highest BCUT2D eigenvalue weighted by Crippen LogP contribution is 2.22. The normalized spacial score (nSPS) is 11.3. The zero-order valence-electron chi connectivity index (χ0n) is 16.1. The summed E-state index contributed by atoms with van der Waals surface area (Å²) in [6.07, 6.45) is 4.55. The lowest BCUT2D eigenvalue weighted by Gasteiger charge is -2.13. The van der Waals surface area contributed by atoms with Gasteiger partial charge in [-0.1, -0.05) is 12.1 Å². The van der Waals surface area contributed by atoms with Crippen molar-refractivity contribution in [3.63, 3.8) is 0 Å². The van der Waals surface area contributed by atoms with E-state index in [1.165, 1.54) is 5.56 Å². The number of nitrogens with zero attached hydrogens (tertiary/aromatic N) is 3. The van der Waals surface area contributed by atoms with E-state index in [-0.39, 0.29) is 5.75 Å². The Hall–Kier alpha value is -3.48. The molecule has 28 heavy (non-hydrogen) atoms. The Morgan fingerprint density at radius 2 is 2.00 bits per heavy atom. The number of guanidine groups is 1. The molecule has 7 nitrogen and oxygen atoms in total. The number of methoxy groups -OCH3 is 1. The van der Waals surface area contributed by atoms with E-state index in [0.717, 1.165) is 24.2 Å². The molecule has 0 aliphatic rings. The average Bonchev–Trinajstić information content (AvgIpc) is 3.27. The molecule has 0 atom stereocenters. The number of aromatic nitrogens is 2. The van der Waals surface area contributed by atoms with Crippen LogP contribution >= 0.6 is 0 Å². The molecule has 0 aliphatic heterocycles. The lowest BCUT2D eigenvalue weighted by molar-refractivity contribution is 0.410. The van der Waals surface area contributed by atoms with E-state index in [2.05, 4.69) is 45.0 Å². The Labute approximate surface area is 164 Å². The maximum atomic E-state index is 9.97. The van der Waals surface area contributed by atoms with Crippen LogP contribution < -0.4 is 15.4 Å². The molecule has 0 radical (unpaired) electrons. The molecule has 3 N–H and O–H groups in total. The number of aliphatic imine (C=N–C) groups is 1. The van der Waals surface area contributed by atoms with Crippen LogP contribution in [0.2, 0.25) is 0 Å². The Morgan fingerprint density at radius 3 is 2.68 bits per heavy atom. The zero-order chi connectivity index (χ0) is 19.8. The molecule has 0 saturated heterocycles. The number of phenols is 1. The molecule has 0 fully saturated rings. The molecular weight excluding hydrogens is 354 g/mol. The quantitative estimate of drug-likeness (QED) is 0.434. The van der Waals surface area contributed by atoms with Crippen LogP contribution in [0.5, 0.6) is 11.5 Å². The first-order valence-corrected chi connectivity index (χ1v) is 9.09. The van der Waals surface area contributed by atoms with Crippen LogP contribution in [-0.2, 0) is 13.0 Å². The number of hydrogen-bond donors (Lipinski definition) is 3. The van der Waals surface area contributed by atoms with Gasteiger partial charge in [-0.25, -0.2) is 4.68 Å². The summed E-state index contributed by atoms with van der Waals surface area (Å²) in [6, 6.07) is 15.4. The Bertz CT molecular complexity index is 905. The highest BCUT2D eigenvalue weighted by atomic mass is 16.5. The molecule has 0 bridgehead atoms. The van der Waals surface area contributed by atoms with Gasteiger partial charge in [-0.15, -0.1) is 0 Å². The fourth-order valence-electron chi connectivity index (χ4n) is 2.79. The van der Waals surface area contributed by atoms with Gasteiger partial charge in [-0.2, -0.15) is 5.10 Å².